The quantitative estimate of drug-likeness (QED) is 0.369. The standard InChI is InChI=1S/C20H18FNO5S/c21-20(22(24)25,28(26,27)16-9-2-1-3-10-16)19(13-14-23)18-12-6-8-15-7-4-5-11-17(15)18/h1-12,19,23H,13-14H2/t19-,20-/m0/s1. The van der Waals surface area contributed by atoms with Crippen LogP contribution in [0, 0.1) is 10.1 Å². The Labute approximate surface area is 161 Å². The summed E-state index contributed by atoms with van der Waals surface area (Å²) in [6.07, 6.45) is -0.433. The molecule has 146 valence electrons. The lowest BCUT2D eigenvalue weighted by molar-refractivity contribution is -0.579. The van der Waals surface area contributed by atoms with Crippen molar-refractivity contribution in [1.82, 2.24) is 0 Å². The number of aliphatic hydroxyl groups excluding tert-OH is 1. The molecule has 0 aliphatic carbocycles. The highest BCUT2D eigenvalue weighted by Crippen LogP contribution is 2.44. The molecule has 8 heteroatoms. The lowest BCUT2D eigenvalue weighted by Gasteiger charge is -2.27. The number of halogens is 1. The Balaban J connectivity index is 2.29. The van der Waals surface area contributed by atoms with Crippen molar-refractivity contribution < 1.29 is 22.8 Å². The van der Waals surface area contributed by atoms with Crippen molar-refractivity contribution in [3.8, 4) is 0 Å². The van der Waals surface area contributed by atoms with Crippen LogP contribution in [0.25, 0.3) is 10.8 Å². The number of hydrogen-bond acceptors (Lipinski definition) is 5. The maximum absolute atomic E-state index is 16.0. The molecule has 1 N–H and O–H groups in total. The van der Waals surface area contributed by atoms with Crippen molar-refractivity contribution >= 4 is 20.6 Å². The molecule has 3 aromatic rings. The van der Waals surface area contributed by atoms with Crippen LogP contribution in [0.4, 0.5) is 4.39 Å². The van der Waals surface area contributed by atoms with Crippen LogP contribution in [0.3, 0.4) is 0 Å². The number of benzene rings is 3. The molecular formula is C20H18FNO5S. The number of sulfone groups is 1. The van der Waals surface area contributed by atoms with Crippen molar-refractivity contribution in [1.29, 1.82) is 0 Å². The van der Waals surface area contributed by atoms with Crippen LogP contribution in [0.15, 0.2) is 77.7 Å². The molecule has 0 radical (unpaired) electrons. The first kappa shape index (κ1) is 19.9. The SMILES string of the molecule is O=[N+]([O-])[C@@](F)([C@@H](CCO)c1cccc2ccccc12)S(=O)(=O)c1ccccc1. The van der Waals surface area contributed by atoms with Gasteiger partial charge in [0.05, 0.1) is 9.82 Å². The zero-order valence-electron chi connectivity index (χ0n) is 14.7. The first-order valence-corrected chi connectivity index (χ1v) is 10.0. The van der Waals surface area contributed by atoms with E-state index in [1.54, 1.807) is 36.4 Å². The van der Waals surface area contributed by atoms with Gasteiger partial charge >= 0.3 is 5.12 Å². The van der Waals surface area contributed by atoms with Crippen LogP contribution in [0.1, 0.15) is 17.9 Å². The molecule has 0 heterocycles. The average Bonchev–Trinajstić information content (AvgIpc) is 2.71. The Bertz CT molecular complexity index is 1100. The number of hydrogen-bond donors (Lipinski definition) is 1. The first-order chi connectivity index (χ1) is 13.3. The zero-order valence-corrected chi connectivity index (χ0v) is 15.5. The lowest BCUT2D eigenvalue weighted by Crippen LogP contribution is -2.47. The fourth-order valence-electron chi connectivity index (χ4n) is 3.39. The molecule has 0 spiro atoms. The van der Waals surface area contributed by atoms with Crippen molar-refractivity contribution in [3.05, 3.63) is 88.5 Å². The molecule has 0 saturated carbocycles. The predicted octanol–water partition coefficient (Wildman–Crippen LogP) is 3.68. The summed E-state index contributed by atoms with van der Waals surface area (Å²) in [5, 5.41) is 18.6. The lowest BCUT2D eigenvalue weighted by atomic mass is 9.90. The largest absolute Gasteiger partial charge is 0.469 e. The number of alkyl halides is 1. The summed E-state index contributed by atoms with van der Waals surface area (Å²) in [5.41, 5.74) is 0.158. The highest BCUT2D eigenvalue weighted by atomic mass is 32.2. The minimum absolute atomic E-state index is 0.158. The summed E-state index contributed by atoms with van der Waals surface area (Å²) in [7, 11) is -5.01. The second-order valence-corrected chi connectivity index (χ2v) is 8.37. The van der Waals surface area contributed by atoms with E-state index < -0.39 is 43.7 Å². The van der Waals surface area contributed by atoms with Crippen molar-refractivity contribution in [2.75, 3.05) is 6.61 Å². The predicted molar refractivity (Wildman–Crippen MR) is 103 cm³/mol. The molecule has 0 amide bonds. The Morgan fingerprint density at radius 3 is 2.25 bits per heavy atom. The molecule has 28 heavy (non-hydrogen) atoms. The smallest absolute Gasteiger partial charge is 0.396 e. The molecule has 3 rings (SSSR count). The third kappa shape index (κ3) is 3.14. The molecule has 0 saturated heterocycles. The van der Waals surface area contributed by atoms with Crippen molar-refractivity contribution in [3.63, 3.8) is 0 Å². The fourth-order valence-corrected chi connectivity index (χ4v) is 5.05. The molecular weight excluding hydrogens is 385 g/mol. The van der Waals surface area contributed by atoms with Crippen LogP contribution in [0.5, 0.6) is 0 Å². The number of nitrogens with zero attached hydrogens (tertiary/aromatic N) is 1. The van der Waals surface area contributed by atoms with E-state index in [-0.39, 0.29) is 5.56 Å². The molecule has 3 aromatic carbocycles. The molecule has 0 unspecified atom stereocenters. The topological polar surface area (TPSA) is 97.5 Å². The minimum Gasteiger partial charge on any atom is -0.396 e. The second-order valence-electron chi connectivity index (χ2n) is 6.32. The molecule has 2 atom stereocenters. The molecule has 0 bridgehead atoms. The van der Waals surface area contributed by atoms with Crippen molar-refractivity contribution in [2.24, 2.45) is 0 Å². The van der Waals surface area contributed by atoms with Gasteiger partial charge < -0.3 is 5.11 Å². The Kier molecular flexibility index (Phi) is 5.44. The third-order valence-corrected chi connectivity index (χ3v) is 6.81. The van der Waals surface area contributed by atoms with Gasteiger partial charge in [0.15, 0.2) is 0 Å². The number of rotatable bonds is 7. The average molecular weight is 403 g/mol. The molecule has 0 aromatic heterocycles. The van der Waals surface area contributed by atoms with E-state index in [1.807, 2.05) is 0 Å². The fraction of sp³-hybridized carbons (Fsp3) is 0.200. The van der Waals surface area contributed by atoms with Crippen LogP contribution in [0.2, 0.25) is 0 Å². The molecule has 0 aliphatic rings. The number of aliphatic hydroxyl groups is 1. The van der Waals surface area contributed by atoms with Gasteiger partial charge in [0.2, 0.25) is 0 Å². The van der Waals surface area contributed by atoms with Gasteiger partial charge in [0.25, 0.3) is 9.84 Å². The maximum Gasteiger partial charge on any atom is 0.469 e. The van der Waals surface area contributed by atoms with E-state index in [2.05, 4.69) is 0 Å². The Morgan fingerprint density at radius 2 is 1.61 bits per heavy atom. The highest BCUT2D eigenvalue weighted by Gasteiger charge is 2.64. The van der Waals surface area contributed by atoms with Gasteiger partial charge in [-0.25, -0.2) is 8.42 Å². The minimum atomic E-state index is -5.01. The Morgan fingerprint density at radius 1 is 1.00 bits per heavy atom. The van der Waals surface area contributed by atoms with Crippen LogP contribution < -0.4 is 0 Å². The highest BCUT2D eigenvalue weighted by molar-refractivity contribution is 7.92. The van der Waals surface area contributed by atoms with Gasteiger partial charge in [-0.15, -0.1) is 4.39 Å². The van der Waals surface area contributed by atoms with Gasteiger partial charge in [-0.2, -0.15) is 0 Å². The first-order valence-electron chi connectivity index (χ1n) is 8.55. The third-order valence-electron chi connectivity index (χ3n) is 4.73. The summed E-state index contributed by atoms with van der Waals surface area (Å²) in [6, 6.07) is 18.1. The summed E-state index contributed by atoms with van der Waals surface area (Å²) in [6.45, 7) is -0.613. The summed E-state index contributed by atoms with van der Waals surface area (Å²) < 4.78 is 42.1. The number of nitro groups is 1. The van der Waals surface area contributed by atoms with Crippen LogP contribution >= 0.6 is 0 Å². The monoisotopic (exact) mass is 403 g/mol. The zero-order chi connectivity index (χ0) is 20.4. The van der Waals surface area contributed by atoms with E-state index in [1.165, 1.54) is 24.3 Å². The van der Waals surface area contributed by atoms with E-state index >= 15 is 4.39 Å². The van der Waals surface area contributed by atoms with E-state index in [0.717, 1.165) is 12.1 Å². The summed E-state index contributed by atoms with van der Waals surface area (Å²) >= 11 is 0. The molecule has 6 nitrogen and oxygen atoms in total. The van der Waals surface area contributed by atoms with Crippen LogP contribution in [-0.2, 0) is 9.84 Å². The van der Waals surface area contributed by atoms with Crippen LogP contribution in [-0.4, -0.2) is 30.2 Å². The summed E-state index contributed by atoms with van der Waals surface area (Å²) in [5.74, 6) is -1.70. The van der Waals surface area contributed by atoms with Crippen molar-refractivity contribution in [2.45, 2.75) is 22.4 Å². The summed E-state index contributed by atoms with van der Waals surface area (Å²) in [4.78, 5) is 9.94. The molecule has 0 aliphatic heterocycles. The maximum atomic E-state index is 16.0. The van der Waals surface area contributed by atoms with E-state index in [4.69, 9.17) is 0 Å². The normalized spacial score (nSPS) is 15.1. The van der Waals surface area contributed by atoms with Gasteiger partial charge in [0.1, 0.15) is 5.92 Å². The molecule has 0 fully saturated rings. The van der Waals surface area contributed by atoms with E-state index in [9.17, 15) is 23.6 Å². The van der Waals surface area contributed by atoms with Gasteiger partial charge in [-0.1, -0.05) is 60.7 Å². The van der Waals surface area contributed by atoms with Gasteiger partial charge in [0, 0.05) is 6.61 Å². The number of fused-ring (bicyclic) bond motifs is 1. The second kappa shape index (κ2) is 7.65. The van der Waals surface area contributed by atoms with Gasteiger partial charge in [-0.3, -0.25) is 10.1 Å². The van der Waals surface area contributed by atoms with Gasteiger partial charge in [-0.05, 0) is 34.9 Å². The Hall–Kier alpha value is -2.84. The van der Waals surface area contributed by atoms with E-state index in [0.29, 0.717) is 10.8 Å².